The van der Waals surface area contributed by atoms with E-state index >= 15 is 0 Å². The van der Waals surface area contributed by atoms with Gasteiger partial charge in [-0.2, -0.15) is 0 Å². The third-order valence-corrected chi connectivity index (χ3v) is 1.91. The first kappa shape index (κ1) is 9.81. The Balaban J connectivity index is 2.80. The van der Waals surface area contributed by atoms with Crippen molar-refractivity contribution < 1.29 is 4.79 Å². The number of likely N-dealkylation sites (N-methyl/N-ethyl adjacent to an activating group) is 1. The molecule has 0 aliphatic carbocycles. The van der Waals surface area contributed by atoms with Crippen LogP contribution < -0.4 is 5.32 Å². The Morgan fingerprint density at radius 2 is 2.15 bits per heavy atom. The predicted molar refractivity (Wildman–Crippen MR) is 54.6 cm³/mol. The van der Waals surface area contributed by atoms with Gasteiger partial charge in [0, 0.05) is 18.1 Å². The number of amides is 1. The molecule has 3 heteroatoms. The van der Waals surface area contributed by atoms with Crippen LogP contribution in [0, 0.1) is 0 Å². The lowest BCUT2D eigenvalue weighted by molar-refractivity contribution is -0.115. The van der Waals surface area contributed by atoms with Gasteiger partial charge >= 0.3 is 0 Å². The molecule has 0 atom stereocenters. The van der Waals surface area contributed by atoms with Crippen LogP contribution in [0.3, 0.4) is 0 Å². The minimum absolute atomic E-state index is 0.139. The molecule has 13 heavy (non-hydrogen) atoms. The third-order valence-electron chi connectivity index (χ3n) is 1.57. The van der Waals surface area contributed by atoms with Crippen LogP contribution in [-0.2, 0) is 4.79 Å². The lowest BCUT2D eigenvalue weighted by atomic mass is 10.2. The normalized spacial score (nSPS) is 10.3. The highest BCUT2D eigenvalue weighted by atomic mass is 35.5. The number of nitrogens with one attached hydrogen (secondary N) is 1. The fraction of sp³-hybridized carbons (Fsp3) is 0.100. The van der Waals surface area contributed by atoms with Crippen molar-refractivity contribution in [3.63, 3.8) is 0 Å². The average Bonchev–Trinajstić information content (AvgIpc) is 2.16. The van der Waals surface area contributed by atoms with Crippen molar-refractivity contribution in [2.45, 2.75) is 0 Å². The van der Waals surface area contributed by atoms with Gasteiger partial charge in [0.25, 0.3) is 0 Å². The molecule has 2 nitrogen and oxygen atoms in total. The topological polar surface area (TPSA) is 29.1 Å². The Labute approximate surface area is 82.2 Å². The molecule has 0 fully saturated rings. The second-order valence-corrected chi connectivity index (χ2v) is 2.88. The zero-order valence-corrected chi connectivity index (χ0v) is 8.01. The number of carbonyl (C=O) groups excluding carboxylic acids is 1. The van der Waals surface area contributed by atoms with Crippen LogP contribution in [0.1, 0.15) is 5.56 Å². The van der Waals surface area contributed by atoms with E-state index in [9.17, 15) is 4.79 Å². The van der Waals surface area contributed by atoms with Crippen LogP contribution in [0.4, 0.5) is 0 Å². The maximum Gasteiger partial charge on any atom is 0.243 e. The van der Waals surface area contributed by atoms with Crippen molar-refractivity contribution in [3.05, 3.63) is 40.9 Å². The highest BCUT2D eigenvalue weighted by Gasteiger charge is 1.94. The molecule has 0 radical (unpaired) electrons. The van der Waals surface area contributed by atoms with Gasteiger partial charge in [0.15, 0.2) is 0 Å². The number of carbonyl (C=O) groups is 1. The lowest BCUT2D eigenvalue weighted by Gasteiger charge is -1.95. The van der Waals surface area contributed by atoms with Crippen molar-refractivity contribution in [3.8, 4) is 0 Å². The Kier molecular flexibility index (Phi) is 3.53. The minimum atomic E-state index is -0.139. The summed E-state index contributed by atoms with van der Waals surface area (Å²) in [6.07, 6.45) is 3.13. The van der Waals surface area contributed by atoms with Crippen LogP contribution in [0.2, 0.25) is 5.02 Å². The number of hydrogen-bond donors (Lipinski definition) is 1. The molecular weight excluding hydrogens is 186 g/mol. The highest BCUT2D eigenvalue weighted by molar-refractivity contribution is 6.32. The standard InChI is InChI=1S/C10H10ClNO/c1-12-10(13)7-6-8-4-2-3-5-9(8)11/h2-7H,1H3,(H,12,13). The van der Waals surface area contributed by atoms with Crippen molar-refractivity contribution in [1.29, 1.82) is 0 Å². The van der Waals surface area contributed by atoms with E-state index in [4.69, 9.17) is 11.6 Å². The van der Waals surface area contributed by atoms with E-state index in [1.165, 1.54) is 6.08 Å². The largest absolute Gasteiger partial charge is 0.356 e. The minimum Gasteiger partial charge on any atom is -0.356 e. The molecule has 68 valence electrons. The first-order valence-corrected chi connectivity index (χ1v) is 4.26. The summed E-state index contributed by atoms with van der Waals surface area (Å²) >= 11 is 5.87. The summed E-state index contributed by atoms with van der Waals surface area (Å²) in [6, 6.07) is 7.35. The van der Waals surface area contributed by atoms with Gasteiger partial charge in [-0.3, -0.25) is 4.79 Å². The van der Waals surface area contributed by atoms with E-state index in [1.807, 2.05) is 18.2 Å². The quantitative estimate of drug-likeness (QED) is 0.720. The Morgan fingerprint density at radius 1 is 1.46 bits per heavy atom. The molecule has 0 aromatic heterocycles. The van der Waals surface area contributed by atoms with E-state index < -0.39 is 0 Å². The summed E-state index contributed by atoms with van der Waals surface area (Å²) in [4.78, 5) is 10.9. The Morgan fingerprint density at radius 3 is 2.77 bits per heavy atom. The van der Waals surface area contributed by atoms with Gasteiger partial charge in [-0.05, 0) is 17.7 Å². The Bertz CT molecular complexity index is 333. The number of rotatable bonds is 2. The fourth-order valence-electron chi connectivity index (χ4n) is 0.859. The number of benzene rings is 1. The summed E-state index contributed by atoms with van der Waals surface area (Å²) in [6.45, 7) is 0. The molecule has 1 amide bonds. The van der Waals surface area contributed by atoms with Crippen molar-refractivity contribution in [1.82, 2.24) is 5.32 Å². The van der Waals surface area contributed by atoms with Crippen LogP contribution in [0.25, 0.3) is 6.08 Å². The smallest absolute Gasteiger partial charge is 0.243 e. The molecule has 1 aromatic rings. The molecule has 1 rings (SSSR count). The second kappa shape index (κ2) is 4.67. The zero-order valence-electron chi connectivity index (χ0n) is 7.25. The van der Waals surface area contributed by atoms with E-state index in [0.29, 0.717) is 5.02 Å². The molecule has 0 aliphatic heterocycles. The fourth-order valence-corrected chi connectivity index (χ4v) is 1.06. The monoisotopic (exact) mass is 195 g/mol. The molecule has 0 saturated heterocycles. The van der Waals surface area contributed by atoms with E-state index in [1.54, 1.807) is 19.2 Å². The molecule has 0 spiro atoms. The van der Waals surface area contributed by atoms with E-state index in [-0.39, 0.29) is 5.91 Å². The summed E-state index contributed by atoms with van der Waals surface area (Å²) in [5.74, 6) is -0.139. The molecule has 0 saturated carbocycles. The average molecular weight is 196 g/mol. The molecule has 0 heterocycles. The van der Waals surface area contributed by atoms with Gasteiger partial charge in [-0.25, -0.2) is 0 Å². The summed E-state index contributed by atoms with van der Waals surface area (Å²) < 4.78 is 0. The maximum atomic E-state index is 10.9. The summed E-state index contributed by atoms with van der Waals surface area (Å²) in [5.41, 5.74) is 0.841. The molecule has 1 aromatic carbocycles. The van der Waals surface area contributed by atoms with Crippen LogP contribution in [0.15, 0.2) is 30.3 Å². The second-order valence-electron chi connectivity index (χ2n) is 2.47. The molecular formula is C10H10ClNO. The SMILES string of the molecule is CNC(=O)C=Cc1ccccc1Cl. The summed E-state index contributed by atoms with van der Waals surface area (Å²) in [5, 5.41) is 3.13. The van der Waals surface area contributed by atoms with Crippen LogP contribution >= 0.6 is 11.6 Å². The predicted octanol–water partition coefficient (Wildman–Crippen LogP) is 2.10. The van der Waals surface area contributed by atoms with Gasteiger partial charge in [-0.1, -0.05) is 29.8 Å². The van der Waals surface area contributed by atoms with E-state index in [0.717, 1.165) is 5.56 Å². The van der Waals surface area contributed by atoms with Crippen LogP contribution in [0.5, 0.6) is 0 Å². The number of halogens is 1. The molecule has 0 aliphatic rings. The first-order valence-electron chi connectivity index (χ1n) is 3.88. The summed E-state index contributed by atoms with van der Waals surface area (Å²) in [7, 11) is 1.58. The molecule has 0 bridgehead atoms. The van der Waals surface area contributed by atoms with Gasteiger partial charge in [0.2, 0.25) is 5.91 Å². The van der Waals surface area contributed by atoms with Crippen LogP contribution in [-0.4, -0.2) is 13.0 Å². The number of hydrogen-bond acceptors (Lipinski definition) is 1. The van der Waals surface area contributed by atoms with Gasteiger partial charge < -0.3 is 5.32 Å². The first-order chi connectivity index (χ1) is 6.24. The Hall–Kier alpha value is -1.28. The van der Waals surface area contributed by atoms with Crippen molar-refractivity contribution in [2.75, 3.05) is 7.05 Å². The highest BCUT2D eigenvalue weighted by Crippen LogP contribution is 2.15. The van der Waals surface area contributed by atoms with E-state index in [2.05, 4.69) is 5.32 Å². The molecule has 0 unspecified atom stereocenters. The third kappa shape index (κ3) is 2.92. The zero-order chi connectivity index (χ0) is 9.68. The molecule has 1 N–H and O–H groups in total. The van der Waals surface area contributed by atoms with Gasteiger partial charge in [0.1, 0.15) is 0 Å². The lowest BCUT2D eigenvalue weighted by Crippen LogP contribution is -2.13. The van der Waals surface area contributed by atoms with Crippen molar-refractivity contribution >= 4 is 23.6 Å². The van der Waals surface area contributed by atoms with Gasteiger partial charge in [0.05, 0.1) is 0 Å². The van der Waals surface area contributed by atoms with Gasteiger partial charge in [-0.15, -0.1) is 0 Å². The van der Waals surface area contributed by atoms with Crippen molar-refractivity contribution in [2.24, 2.45) is 0 Å². The maximum absolute atomic E-state index is 10.9.